The molecular weight excluding hydrogens is 524 g/mol. The van der Waals surface area contributed by atoms with Crippen LogP contribution in [0.4, 0.5) is 51.2 Å². The molecule has 0 saturated carbocycles. The number of benzene rings is 6. The second-order valence-electron chi connectivity index (χ2n) is 11.0. The Bertz CT molecular complexity index is 1590. The number of rotatable bonds is 9. The highest BCUT2D eigenvalue weighted by Crippen LogP contribution is 2.36. The molecule has 0 bridgehead atoms. The first-order valence-corrected chi connectivity index (χ1v) is 14.6. The Kier molecular flexibility index (Phi) is 8.21. The van der Waals surface area contributed by atoms with E-state index >= 15 is 0 Å². The van der Waals surface area contributed by atoms with Crippen molar-refractivity contribution in [2.75, 3.05) is 16.0 Å². The number of hydrogen-bond acceptors (Lipinski definition) is 4. The number of nitrogens with zero attached hydrogens (tertiary/aromatic N) is 1. The fourth-order valence-corrected chi connectivity index (χ4v) is 5.20. The second kappa shape index (κ2) is 12.7. The minimum atomic E-state index is 1.05. The molecule has 0 unspecified atom stereocenters. The van der Waals surface area contributed by atoms with Crippen LogP contribution in [0.3, 0.4) is 0 Å². The maximum Gasteiger partial charge on any atom is 0.192 e. The highest BCUT2D eigenvalue weighted by Gasteiger charge is 2.26. The lowest BCUT2D eigenvalue weighted by Crippen LogP contribution is -2.11. The van der Waals surface area contributed by atoms with Gasteiger partial charge in [0.2, 0.25) is 0 Å². The predicted molar refractivity (Wildman–Crippen MR) is 184 cm³/mol. The third-order valence-electron chi connectivity index (χ3n) is 7.30. The van der Waals surface area contributed by atoms with Gasteiger partial charge in [0, 0.05) is 70.5 Å². The van der Waals surface area contributed by atoms with Crippen molar-refractivity contribution >= 4 is 51.2 Å². The molecule has 0 spiro atoms. The summed E-state index contributed by atoms with van der Waals surface area (Å²) in [5.74, 6) is 0. The van der Waals surface area contributed by atoms with Gasteiger partial charge in [-0.25, -0.2) is 0 Å². The first-order valence-electron chi connectivity index (χ1n) is 14.6. The summed E-state index contributed by atoms with van der Waals surface area (Å²) < 4.78 is 0. The average molecular weight is 561 g/mol. The Morgan fingerprint density at radius 2 is 0.605 bits per heavy atom. The highest BCUT2D eigenvalue weighted by molar-refractivity contribution is 5.72. The molecule has 6 rings (SSSR count). The second-order valence-corrected chi connectivity index (χ2v) is 11.0. The van der Waals surface area contributed by atoms with Crippen LogP contribution < -0.4 is 20.9 Å². The number of nitrogens with one attached hydrogen (secondary N) is 3. The normalized spacial score (nSPS) is 10.9. The topological polar surface area (TPSA) is 42.0 Å². The van der Waals surface area contributed by atoms with Gasteiger partial charge in [0.15, 0.2) is 17.1 Å². The molecule has 43 heavy (non-hydrogen) atoms. The minimum Gasteiger partial charge on any atom is -0.356 e. The number of aryl methyl sites for hydroxylation is 3. The van der Waals surface area contributed by atoms with Crippen LogP contribution in [0.25, 0.3) is 0 Å². The summed E-state index contributed by atoms with van der Waals surface area (Å²) >= 11 is 0. The van der Waals surface area contributed by atoms with Gasteiger partial charge in [-0.1, -0.05) is 41.3 Å². The lowest BCUT2D eigenvalue weighted by atomic mass is 10.1. The molecule has 4 nitrogen and oxygen atoms in total. The summed E-state index contributed by atoms with van der Waals surface area (Å²) in [6.45, 7) is 6.32. The standard InChI is InChI=1S/C39H36N4/c1-28-7-4-10-34(25-28)40-31-13-19-37(20-14-31)43(38-21-15-32(16-22-38)41-35-11-5-8-29(2)26-35)39-23-17-33(18-24-39)42-36-12-6-9-30(3)27-36/h4-27,40-42H,1-3H3/q+1. The molecule has 0 aliphatic heterocycles. The third-order valence-corrected chi connectivity index (χ3v) is 7.30. The van der Waals surface area contributed by atoms with Crippen LogP contribution in [0.2, 0.25) is 0 Å². The molecule has 0 atom stereocenters. The monoisotopic (exact) mass is 560 g/mol. The summed E-state index contributed by atoms with van der Waals surface area (Å²) in [4.78, 5) is 2.28. The van der Waals surface area contributed by atoms with Gasteiger partial charge in [0.05, 0.1) is 0 Å². The van der Waals surface area contributed by atoms with E-state index in [9.17, 15) is 0 Å². The molecule has 211 valence electrons. The van der Waals surface area contributed by atoms with Crippen molar-refractivity contribution in [3.05, 3.63) is 162 Å². The quantitative estimate of drug-likeness (QED) is 0.154. The van der Waals surface area contributed by atoms with Crippen LogP contribution in [0.1, 0.15) is 16.7 Å². The maximum atomic E-state index is 3.52. The molecule has 0 aliphatic carbocycles. The molecule has 0 fully saturated rings. The molecule has 1 radical (unpaired) electrons. The Morgan fingerprint density at radius 3 is 0.860 bits per heavy atom. The first kappa shape index (κ1) is 27.8. The van der Waals surface area contributed by atoms with E-state index in [1.807, 2.05) is 0 Å². The van der Waals surface area contributed by atoms with Gasteiger partial charge in [-0.15, -0.1) is 0 Å². The van der Waals surface area contributed by atoms with Crippen molar-refractivity contribution in [3.8, 4) is 0 Å². The zero-order valence-electron chi connectivity index (χ0n) is 24.8. The molecule has 6 aromatic rings. The molecule has 0 saturated heterocycles. The van der Waals surface area contributed by atoms with Crippen LogP contribution in [0, 0.1) is 20.8 Å². The summed E-state index contributed by atoms with van der Waals surface area (Å²) in [5.41, 5.74) is 13.3. The highest BCUT2D eigenvalue weighted by atomic mass is 15.1. The Labute approximate surface area is 254 Å². The largest absolute Gasteiger partial charge is 0.356 e. The lowest BCUT2D eigenvalue weighted by molar-refractivity contribution is 0.931. The van der Waals surface area contributed by atoms with Crippen LogP contribution in [-0.2, 0) is 0 Å². The van der Waals surface area contributed by atoms with Gasteiger partial charge < -0.3 is 16.0 Å². The third kappa shape index (κ3) is 7.13. The fraction of sp³-hybridized carbons (Fsp3) is 0.0769. The zero-order chi connectivity index (χ0) is 29.6. The van der Waals surface area contributed by atoms with Crippen LogP contribution in [-0.4, -0.2) is 0 Å². The predicted octanol–water partition coefficient (Wildman–Crippen LogP) is 11.3. The molecule has 0 aliphatic rings. The fourth-order valence-electron chi connectivity index (χ4n) is 5.20. The zero-order valence-corrected chi connectivity index (χ0v) is 24.8. The SMILES string of the molecule is Cc1cccc(Nc2ccc([N+](c3ccc(Nc4cccc(C)c4)cc3)c3ccc(Nc4cccc(C)c4)cc3)cc2)c1. The van der Waals surface area contributed by atoms with Crippen molar-refractivity contribution < 1.29 is 0 Å². The first-order chi connectivity index (χ1) is 21.0. The smallest absolute Gasteiger partial charge is 0.192 e. The lowest BCUT2D eigenvalue weighted by Gasteiger charge is -2.14. The Morgan fingerprint density at radius 1 is 0.326 bits per heavy atom. The van der Waals surface area contributed by atoms with E-state index in [4.69, 9.17) is 0 Å². The van der Waals surface area contributed by atoms with Crippen molar-refractivity contribution in [3.63, 3.8) is 0 Å². The van der Waals surface area contributed by atoms with Crippen molar-refractivity contribution in [2.24, 2.45) is 0 Å². The molecular formula is C39H36N4+. The van der Waals surface area contributed by atoms with Crippen LogP contribution in [0.5, 0.6) is 0 Å². The molecule has 0 amide bonds. The maximum absolute atomic E-state index is 3.52. The van der Waals surface area contributed by atoms with E-state index in [1.165, 1.54) is 16.7 Å². The van der Waals surface area contributed by atoms with Gasteiger partial charge in [-0.3, -0.25) is 0 Å². The van der Waals surface area contributed by atoms with E-state index in [1.54, 1.807) is 0 Å². The summed E-state index contributed by atoms with van der Waals surface area (Å²) in [5, 5.41) is 10.6. The summed E-state index contributed by atoms with van der Waals surface area (Å²) in [7, 11) is 0. The molecule has 0 aromatic heterocycles. The minimum absolute atomic E-state index is 1.05. The van der Waals surface area contributed by atoms with Gasteiger partial charge in [-0.2, -0.15) is 0 Å². The van der Waals surface area contributed by atoms with E-state index in [0.717, 1.165) is 51.2 Å². The summed E-state index contributed by atoms with van der Waals surface area (Å²) in [6, 6.07) is 51.0. The molecule has 0 heterocycles. The molecule has 3 N–H and O–H groups in total. The molecule has 6 aromatic carbocycles. The van der Waals surface area contributed by atoms with Crippen molar-refractivity contribution in [2.45, 2.75) is 20.8 Å². The van der Waals surface area contributed by atoms with E-state index in [-0.39, 0.29) is 0 Å². The van der Waals surface area contributed by atoms with Gasteiger partial charge >= 0.3 is 0 Å². The Hall–Kier alpha value is -5.32. The average Bonchev–Trinajstić information content (AvgIpc) is 3.00. The van der Waals surface area contributed by atoms with Crippen molar-refractivity contribution in [1.29, 1.82) is 0 Å². The van der Waals surface area contributed by atoms with E-state index in [2.05, 4.69) is 187 Å². The number of anilines is 9. The van der Waals surface area contributed by atoms with Gasteiger partial charge in [0.25, 0.3) is 0 Å². The summed E-state index contributed by atoms with van der Waals surface area (Å²) in [6.07, 6.45) is 0. The van der Waals surface area contributed by atoms with Gasteiger partial charge in [-0.05, 0) is 110 Å². The Balaban J connectivity index is 1.28. The van der Waals surface area contributed by atoms with Crippen LogP contribution in [0.15, 0.2) is 146 Å². The van der Waals surface area contributed by atoms with E-state index in [0.29, 0.717) is 0 Å². The number of hydrogen-bond donors (Lipinski definition) is 3. The molecule has 4 heteroatoms. The van der Waals surface area contributed by atoms with Crippen molar-refractivity contribution in [1.82, 2.24) is 4.90 Å². The van der Waals surface area contributed by atoms with Crippen LogP contribution >= 0.6 is 0 Å². The van der Waals surface area contributed by atoms with E-state index < -0.39 is 0 Å². The van der Waals surface area contributed by atoms with Gasteiger partial charge in [0.1, 0.15) is 0 Å².